The van der Waals surface area contributed by atoms with Gasteiger partial charge >= 0.3 is 0 Å². The van der Waals surface area contributed by atoms with Crippen molar-refractivity contribution in [3.8, 4) is 5.75 Å². The number of hydrogen-bond donors (Lipinski definition) is 1. The first kappa shape index (κ1) is 23.3. The highest BCUT2D eigenvalue weighted by atomic mass is 16.5. The van der Waals surface area contributed by atoms with Crippen LogP contribution in [0.3, 0.4) is 0 Å². The van der Waals surface area contributed by atoms with Gasteiger partial charge in [-0.25, -0.2) is 0 Å². The molecule has 1 aliphatic heterocycles. The van der Waals surface area contributed by atoms with Crippen molar-refractivity contribution >= 4 is 17.6 Å². The van der Waals surface area contributed by atoms with Gasteiger partial charge in [0, 0.05) is 17.8 Å². The second-order valence-electron chi connectivity index (χ2n) is 10.3. The molecule has 2 aliphatic rings. The molecule has 0 spiro atoms. The molecule has 4 aromatic rings. The van der Waals surface area contributed by atoms with E-state index < -0.39 is 0 Å². The molecule has 1 heterocycles. The molecule has 0 saturated carbocycles. The molecule has 0 unspecified atom stereocenters. The zero-order valence-electron chi connectivity index (χ0n) is 21.4. The van der Waals surface area contributed by atoms with Gasteiger partial charge < -0.3 is 10.1 Å². The maximum Gasteiger partial charge on any atom is 0.119 e. The van der Waals surface area contributed by atoms with Crippen molar-refractivity contribution in [1.82, 2.24) is 0 Å². The molecule has 3 nitrogen and oxygen atoms in total. The summed E-state index contributed by atoms with van der Waals surface area (Å²) < 4.78 is 5.92. The van der Waals surface area contributed by atoms with Crippen LogP contribution in [0.25, 0.3) is 0 Å². The van der Waals surface area contributed by atoms with Crippen molar-refractivity contribution < 1.29 is 4.74 Å². The summed E-state index contributed by atoms with van der Waals surface area (Å²) in [6.45, 7) is 4.84. The summed E-state index contributed by atoms with van der Waals surface area (Å²) in [5.74, 6) is 1.90. The van der Waals surface area contributed by atoms with Crippen LogP contribution >= 0.6 is 0 Å². The number of allylic oxidation sites excluding steroid dienone is 2. The molecule has 4 aromatic carbocycles. The van der Waals surface area contributed by atoms with Crippen LogP contribution in [0.4, 0.5) is 11.4 Å². The van der Waals surface area contributed by atoms with Crippen LogP contribution in [0, 0.1) is 19.8 Å². The molecule has 0 fully saturated rings. The lowest BCUT2D eigenvalue weighted by atomic mass is 9.76. The van der Waals surface area contributed by atoms with Gasteiger partial charge in [-0.15, -0.1) is 0 Å². The summed E-state index contributed by atoms with van der Waals surface area (Å²) in [4.78, 5) is 4.71. The van der Waals surface area contributed by atoms with Crippen LogP contribution in [0.15, 0.2) is 108 Å². The highest BCUT2D eigenvalue weighted by Crippen LogP contribution is 2.50. The van der Waals surface area contributed by atoms with Gasteiger partial charge in [0.15, 0.2) is 0 Å². The van der Waals surface area contributed by atoms with Crippen LogP contribution in [0.1, 0.15) is 51.8 Å². The Bertz CT molecular complexity index is 1430. The molecule has 184 valence electrons. The van der Waals surface area contributed by atoms with Gasteiger partial charge in [0.25, 0.3) is 0 Å². The van der Waals surface area contributed by atoms with E-state index in [1.54, 1.807) is 0 Å². The van der Waals surface area contributed by atoms with Gasteiger partial charge in [-0.1, -0.05) is 71.8 Å². The maximum absolute atomic E-state index is 5.92. The third-order valence-corrected chi connectivity index (χ3v) is 7.54. The molecule has 6 rings (SSSR count). The molecule has 0 amide bonds. The van der Waals surface area contributed by atoms with Gasteiger partial charge in [-0.3, -0.25) is 4.99 Å². The molecule has 37 heavy (non-hydrogen) atoms. The lowest BCUT2D eigenvalue weighted by molar-refractivity contribution is 0.306. The molecule has 1 aliphatic carbocycles. The molecule has 1 N–H and O–H groups in total. The molecule has 3 heteroatoms. The monoisotopic (exact) mass is 484 g/mol. The molecule has 0 saturated heterocycles. The zero-order valence-corrected chi connectivity index (χ0v) is 21.4. The first-order valence-corrected chi connectivity index (χ1v) is 13.1. The lowest BCUT2D eigenvalue weighted by Gasteiger charge is -2.37. The number of fused-ring (bicyclic) bond motifs is 3. The number of aryl methyl sites for hydroxylation is 2. The van der Waals surface area contributed by atoms with Gasteiger partial charge in [0.1, 0.15) is 12.4 Å². The van der Waals surface area contributed by atoms with Crippen molar-refractivity contribution in [2.45, 2.75) is 38.8 Å². The van der Waals surface area contributed by atoms with Gasteiger partial charge in [0.05, 0.1) is 11.7 Å². The van der Waals surface area contributed by atoms with Gasteiger partial charge in [-0.2, -0.15) is 0 Å². The Morgan fingerprint density at radius 1 is 0.865 bits per heavy atom. The van der Waals surface area contributed by atoms with E-state index in [1.165, 1.54) is 33.5 Å². The van der Waals surface area contributed by atoms with E-state index in [2.05, 4.69) is 98.0 Å². The van der Waals surface area contributed by atoms with Crippen molar-refractivity contribution in [2.24, 2.45) is 10.9 Å². The zero-order chi connectivity index (χ0) is 25.2. The number of nitrogens with one attached hydrogen (secondary N) is 1. The SMILES string of the molecule is Cc1ccc(COc2ccc(C=Nc3ccc([C@@H]4Nc5ccc(C)cc5[C@@H]5C=CC[C@H]54)cc3)cc2)cc1. The molecule has 0 bridgehead atoms. The predicted octanol–water partition coefficient (Wildman–Crippen LogP) is 8.46. The third kappa shape index (κ3) is 5.08. The Balaban J connectivity index is 1.10. The van der Waals surface area contributed by atoms with Crippen LogP contribution in [-0.2, 0) is 6.61 Å². The van der Waals surface area contributed by atoms with Gasteiger partial charge in [-0.05, 0) is 90.9 Å². The van der Waals surface area contributed by atoms with Crippen LogP contribution in [0.2, 0.25) is 0 Å². The van der Waals surface area contributed by atoms with E-state index in [0.29, 0.717) is 24.5 Å². The fourth-order valence-electron chi connectivity index (χ4n) is 5.46. The predicted molar refractivity (Wildman–Crippen MR) is 153 cm³/mol. The standard InChI is InChI=1S/C34H32N2O/c1-23-6-9-26(10-7-23)22-37-29-17-11-25(12-18-29)21-35-28-15-13-27(14-16-28)34-31-5-3-4-30(31)32-20-24(2)8-19-33(32)36-34/h3-4,6-21,30-31,34,36H,5,22H2,1-2H3/t30-,31-,34+/m1/s1. The van der Waals surface area contributed by atoms with Crippen LogP contribution in [0.5, 0.6) is 5.75 Å². The van der Waals surface area contributed by atoms with E-state index in [4.69, 9.17) is 9.73 Å². The topological polar surface area (TPSA) is 33.6 Å². The summed E-state index contributed by atoms with van der Waals surface area (Å²) in [5, 5.41) is 3.83. The molecule has 0 aromatic heterocycles. The van der Waals surface area contributed by atoms with E-state index >= 15 is 0 Å². The van der Waals surface area contributed by atoms with Crippen molar-refractivity contribution in [1.29, 1.82) is 0 Å². The Hall–Kier alpha value is -4.11. The average molecular weight is 485 g/mol. The number of nitrogens with zero attached hydrogens (tertiary/aromatic N) is 1. The number of anilines is 1. The largest absolute Gasteiger partial charge is 0.489 e. The van der Waals surface area contributed by atoms with Crippen LogP contribution < -0.4 is 10.1 Å². The number of ether oxygens (including phenoxy) is 1. The Labute approximate surface area is 219 Å². The Morgan fingerprint density at radius 3 is 2.41 bits per heavy atom. The number of hydrogen-bond acceptors (Lipinski definition) is 3. The minimum Gasteiger partial charge on any atom is -0.489 e. The first-order valence-electron chi connectivity index (χ1n) is 13.1. The van der Waals surface area contributed by atoms with E-state index in [9.17, 15) is 0 Å². The quantitative estimate of drug-likeness (QED) is 0.220. The fraction of sp³-hybridized carbons (Fsp3) is 0.206. The second-order valence-corrected chi connectivity index (χ2v) is 10.3. The molecular weight excluding hydrogens is 452 g/mol. The van der Waals surface area contributed by atoms with E-state index in [1.807, 2.05) is 30.5 Å². The van der Waals surface area contributed by atoms with Crippen molar-refractivity contribution in [3.63, 3.8) is 0 Å². The van der Waals surface area contributed by atoms with Gasteiger partial charge in [0.2, 0.25) is 0 Å². The fourth-order valence-corrected chi connectivity index (χ4v) is 5.46. The Morgan fingerprint density at radius 2 is 1.62 bits per heavy atom. The first-order chi connectivity index (χ1) is 18.1. The number of benzene rings is 4. The number of aliphatic imine (C=N–C) groups is 1. The molecule has 3 atom stereocenters. The summed E-state index contributed by atoms with van der Waals surface area (Å²) in [6.07, 6.45) is 7.76. The van der Waals surface area contributed by atoms with E-state index in [-0.39, 0.29) is 0 Å². The molecular formula is C34H32N2O. The summed E-state index contributed by atoms with van der Waals surface area (Å²) in [7, 11) is 0. The third-order valence-electron chi connectivity index (χ3n) is 7.54. The highest BCUT2D eigenvalue weighted by Gasteiger charge is 2.37. The summed E-state index contributed by atoms with van der Waals surface area (Å²) in [5.41, 5.74) is 9.77. The average Bonchev–Trinajstić information content (AvgIpc) is 3.43. The summed E-state index contributed by atoms with van der Waals surface area (Å²) >= 11 is 0. The maximum atomic E-state index is 5.92. The van der Waals surface area contributed by atoms with Crippen molar-refractivity contribution in [3.05, 3.63) is 137 Å². The minimum atomic E-state index is 0.306. The Kier molecular flexibility index (Phi) is 6.36. The second kappa shape index (κ2) is 10.1. The van der Waals surface area contributed by atoms with E-state index in [0.717, 1.165) is 23.4 Å². The number of rotatable bonds is 6. The summed E-state index contributed by atoms with van der Waals surface area (Å²) in [6, 6.07) is 32.3. The smallest absolute Gasteiger partial charge is 0.119 e. The normalized spacial score (nSPS) is 19.9. The van der Waals surface area contributed by atoms with Crippen molar-refractivity contribution in [2.75, 3.05) is 5.32 Å². The highest BCUT2D eigenvalue weighted by molar-refractivity contribution is 5.82. The van der Waals surface area contributed by atoms with Crippen LogP contribution in [-0.4, -0.2) is 6.21 Å². The minimum absolute atomic E-state index is 0.306. The lowest BCUT2D eigenvalue weighted by Crippen LogP contribution is -2.29. The molecule has 0 radical (unpaired) electrons.